The molecule has 8 heteroatoms. The molecule has 0 aliphatic carbocycles. The van der Waals surface area contributed by atoms with E-state index in [1.165, 1.54) is 4.90 Å². The molecular weight excluding hydrogens is 474 g/mol. The minimum Gasteiger partial charge on any atom is -0.355 e. The summed E-state index contributed by atoms with van der Waals surface area (Å²) in [4.78, 5) is 28.5. The van der Waals surface area contributed by atoms with Crippen LogP contribution in [0, 0.1) is 6.92 Å². The Hall–Kier alpha value is -3.65. The van der Waals surface area contributed by atoms with E-state index in [-0.39, 0.29) is 12.5 Å². The lowest BCUT2D eigenvalue weighted by Crippen LogP contribution is -2.53. The minimum atomic E-state index is -3.76. The van der Waals surface area contributed by atoms with Gasteiger partial charge >= 0.3 is 0 Å². The number of carbonyl (C=O) groups excluding carboxylic acids is 2. The summed E-state index contributed by atoms with van der Waals surface area (Å²) in [5.41, 5.74) is 3.12. The van der Waals surface area contributed by atoms with E-state index in [2.05, 4.69) is 5.32 Å². The number of likely N-dealkylation sites (N-methyl/N-ethyl adjacent to an activating group) is 1. The van der Waals surface area contributed by atoms with Crippen LogP contribution in [-0.4, -0.2) is 50.5 Å². The third kappa shape index (κ3) is 7.42. The molecule has 1 N–H and O–H groups in total. The molecule has 0 unspecified atom stereocenters. The zero-order valence-corrected chi connectivity index (χ0v) is 21.7. The summed E-state index contributed by atoms with van der Waals surface area (Å²) in [6.45, 7) is 3.89. The number of rotatable bonds is 11. The molecule has 7 nitrogen and oxygen atoms in total. The zero-order valence-electron chi connectivity index (χ0n) is 20.9. The van der Waals surface area contributed by atoms with Gasteiger partial charge in [0, 0.05) is 19.5 Å². The molecule has 0 radical (unpaired) electrons. The van der Waals surface area contributed by atoms with E-state index in [1.54, 1.807) is 24.3 Å². The number of anilines is 1. The van der Waals surface area contributed by atoms with Gasteiger partial charge in [0.25, 0.3) is 0 Å². The summed E-state index contributed by atoms with van der Waals surface area (Å²) in [5, 5.41) is 2.84. The maximum Gasteiger partial charge on any atom is 0.244 e. The van der Waals surface area contributed by atoms with Crippen molar-refractivity contribution in [3.05, 3.63) is 102 Å². The number of hydrogen-bond acceptors (Lipinski definition) is 4. The molecule has 190 valence electrons. The van der Waals surface area contributed by atoms with Gasteiger partial charge in [-0.25, -0.2) is 8.42 Å². The molecule has 0 bridgehead atoms. The molecule has 0 aliphatic heterocycles. The standard InChI is InChI=1S/C28H33N3O4S/c1-4-29-28(33)26(19-23-11-7-5-8-12-23)30(20-24-13-9-6-10-14-24)27(32)21-31(36(3,34)35)25-17-15-22(2)16-18-25/h5-18,26H,4,19-21H2,1-3H3,(H,29,33)/t26-/m1/s1. The third-order valence-corrected chi connectivity index (χ3v) is 6.96. The molecule has 0 heterocycles. The number of nitrogens with zero attached hydrogens (tertiary/aromatic N) is 2. The Morgan fingerprint density at radius 3 is 1.94 bits per heavy atom. The van der Waals surface area contributed by atoms with Crippen LogP contribution in [0.25, 0.3) is 0 Å². The molecule has 3 aromatic rings. The highest BCUT2D eigenvalue weighted by Gasteiger charge is 2.32. The molecule has 3 rings (SSSR count). The minimum absolute atomic E-state index is 0.166. The lowest BCUT2D eigenvalue weighted by atomic mass is 10.0. The van der Waals surface area contributed by atoms with Crippen molar-refractivity contribution in [1.82, 2.24) is 10.2 Å². The smallest absolute Gasteiger partial charge is 0.244 e. The highest BCUT2D eigenvalue weighted by molar-refractivity contribution is 7.92. The Kier molecular flexibility index (Phi) is 9.25. The molecule has 0 aliphatic rings. The van der Waals surface area contributed by atoms with Crippen LogP contribution in [0.3, 0.4) is 0 Å². The van der Waals surface area contributed by atoms with Gasteiger partial charge in [0.1, 0.15) is 12.6 Å². The lowest BCUT2D eigenvalue weighted by molar-refractivity contribution is -0.140. The van der Waals surface area contributed by atoms with E-state index in [0.29, 0.717) is 18.7 Å². The van der Waals surface area contributed by atoms with E-state index in [9.17, 15) is 18.0 Å². The number of aryl methyl sites for hydroxylation is 1. The van der Waals surface area contributed by atoms with Crippen LogP contribution >= 0.6 is 0 Å². The molecular formula is C28H33N3O4S. The molecule has 3 aromatic carbocycles. The van der Waals surface area contributed by atoms with Gasteiger partial charge in [-0.15, -0.1) is 0 Å². The molecule has 0 saturated carbocycles. The Bertz CT molecular complexity index is 1250. The molecule has 0 saturated heterocycles. The Morgan fingerprint density at radius 1 is 0.861 bits per heavy atom. The number of nitrogens with one attached hydrogen (secondary N) is 1. The van der Waals surface area contributed by atoms with Gasteiger partial charge in [-0.1, -0.05) is 78.4 Å². The van der Waals surface area contributed by atoms with Crippen molar-refractivity contribution in [2.24, 2.45) is 0 Å². The average Bonchev–Trinajstić information content (AvgIpc) is 2.86. The molecule has 36 heavy (non-hydrogen) atoms. The van der Waals surface area contributed by atoms with E-state index in [4.69, 9.17) is 0 Å². The SMILES string of the molecule is CCNC(=O)[C@@H](Cc1ccccc1)N(Cc1ccccc1)C(=O)CN(c1ccc(C)cc1)S(C)(=O)=O. The predicted octanol–water partition coefficient (Wildman–Crippen LogP) is 3.54. The van der Waals surface area contributed by atoms with Crippen molar-refractivity contribution in [2.45, 2.75) is 32.9 Å². The average molecular weight is 508 g/mol. The summed E-state index contributed by atoms with van der Waals surface area (Å²) in [5.74, 6) is -0.746. The van der Waals surface area contributed by atoms with Crippen molar-refractivity contribution in [3.8, 4) is 0 Å². The first-order chi connectivity index (χ1) is 17.2. The molecule has 2 amide bonds. The van der Waals surface area contributed by atoms with E-state index in [1.807, 2.05) is 74.5 Å². The molecule has 1 atom stereocenters. The van der Waals surface area contributed by atoms with Crippen LogP contribution in [0.2, 0.25) is 0 Å². The number of amides is 2. The molecule has 0 aromatic heterocycles. The van der Waals surface area contributed by atoms with E-state index < -0.39 is 28.5 Å². The number of carbonyl (C=O) groups is 2. The predicted molar refractivity (Wildman–Crippen MR) is 143 cm³/mol. The number of hydrogen-bond donors (Lipinski definition) is 1. The van der Waals surface area contributed by atoms with Gasteiger partial charge in [0.15, 0.2) is 0 Å². The summed E-state index contributed by atoms with van der Waals surface area (Å²) in [6.07, 6.45) is 1.38. The summed E-state index contributed by atoms with van der Waals surface area (Å²) in [7, 11) is -3.76. The van der Waals surface area contributed by atoms with Crippen LogP contribution < -0.4 is 9.62 Å². The third-order valence-electron chi connectivity index (χ3n) is 5.82. The van der Waals surface area contributed by atoms with Crippen molar-refractivity contribution < 1.29 is 18.0 Å². The number of benzene rings is 3. The fourth-order valence-corrected chi connectivity index (χ4v) is 4.80. The summed E-state index contributed by atoms with van der Waals surface area (Å²) >= 11 is 0. The second-order valence-corrected chi connectivity index (χ2v) is 10.6. The van der Waals surface area contributed by atoms with E-state index >= 15 is 0 Å². The van der Waals surface area contributed by atoms with Gasteiger partial charge in [-0.05, 0) is 37.1 Å². The van der Waals surface area contributed by atoms with Gasteiger partial charge in [0.2, 0.25) is 21.8 Å². The van der Waals surface area contributed by atoms with Crippen LogP contribution in [0.15, 0.2) is 84.9 Å². The Morgan fingerprint density at radius 2 is 1.42 bits per heavy atom. The zero-order chi connectivity index (χ0) is 26.1. The van der Waals surface area contributed by atoms with Crippen LogP contribution in [0.1, 0.15) is 23.6 Å². The first-order valence-electron chi connectivity index (χ1n) is 11.9. The second kappa shape index (κ2) is 12.4. The summed E-state index contributed by atoms with van der Waals surface area (Å²) < 4.78 is 26.5. The van der Waals surface area contributed by atoms with Crippen molar-refractivity contribution in [3.63, 3.8) is 0 Å². The fraction of sp³-hybridized carbons (Fsp3) is 0.286. The first kappa shape index (κ1) is 26.9. The topological polar surface area (TPSA) is 86.8 Å². The van der Waals surface area contributed by atoms with Gasteiger partial charge in [0.05, 0.1) is 11.9 Å². The second-order valence-electron chi connectivity index (χ2n) is 8.71. The Labute approximate surface area is 213 Å². The van der Waals surface area contributed by atoms with E-state index in [0.717, 1.165) is 27.3 Å². The number of sulfonamides is 1. The highest BCUT2D eigenvalue weighted by Crippen LogP contribution is 2.21. The monoisotopic (exact) mass is 507 g/mol. The van der Waals surface area contributed by atoms with Crippen LogP contribution in [0.4, 0.5) is 5.69 Å². The van der Waals surface area contributed by atoms with Crippen LogP contribution in [0.5, 0.6) is 0 Å². The van der Waals surface area contributed by atoms with Gasteiger partial charge < -0.3 is 10.2 Å². The quantitative estimate of drug-likeness (QED) is 0.430. The molecule has 0 spiro atoms. The van der Waals surface area contributed by atoms with Crippen molar-refractivity contribution in [2.75, 3.05) is 23.7 Å². The largest absolute Gasteiger partial charge is 0.355 e. The van der Waals surface area contributed by atoms with Crippen molar-refractivity contribution >= 4 is 27.5 Å². The summed E-state index contributed by atoms with van der Waals surface area (Å²) in [6, 6.07) is 25.0. The Balaban J connectivity index is 2.00. The molecule has 0 fully saturated rings. The normalized spacial score (nSPS) is 12.0. The maximum atomic E-state index is 13.8. The fourth-order valence-electron chi connectivity index (χ4n) is 3.95. The highest BCUT2D eigenvalue weighted by atomic mass is 32.2. The van der Waals surface area contributed by atoms with Crippen LogP contribution in [-0.2, 0) is 32.6 Å². The maximum absolute atomic E-state index is 13.8. The van der Waals surface area contributed by atoms with Gasteiger partial charge in [-0.3, -0.25) is 13.9 Å². The van der Waals surface area contributed by atoms with Crippen molar-refractivity contribution in [1.29, 1.82) is 0 Å². The lowest BCUT2D eigenvalue weighted by Gasteiger charge is -2.33. The first-order valence-corrected chi connectivity index (χ1v) is 13.7. The van der Waals surface area contributed by atoms with Gasteiger partial charge in [-0.2, -0.15) is 0 Å².